The predicted molar refractivity (Wildman–Crippen MR) is 157 cm³/mol. The van der Waals surface area contributed by atoms with Gasteiger partial charge in [-0.2, -0.15) is 0 Å². The number of aromatic nitrogens is 4. The van der Waals surface area contributed by atoms with Crippen LogP contribution in [0.25, 0.3) is 43.6 Å². The molecule has 8 nitrogen and oxygen atoms in total. The number of aliphatic hydroxyl groups excluding tert-OH is 1. The molecule has 0 aliphatic rings. The number of nitrogens with one attached hydrogen (secondary N) is 2. The quantitative estimate of drug-likeness (QED) is 0.145. The highest BCUT2D eigenvalue weighted by Gasteiger charge is 2.10. The Bertz CT molecular complexity index is 1950. The van der Waals surface area contributed by atoms with Gasteiger partial charge in [-0.25, -0.2) is 0 Å². The number of pyridine rings is 4. The van der Waals surface area contributed by atoms with Crippen LogP contribution in [-0.4, -0.2) is 36.7 Å². The first kappa shape index (κ1) is 27.9. The Hall–Kier alpha value is -4.11. The molecule has 0 aliphatic heterocycles. The maximum absolute atomic E-state index is 12.0. The van der Waals surface area contributed by atoms with E-state index in [1.54, 1.807) is 12.4 Å². The summed E-state index contributed by atoms with van der Waals surface area (Å²) in [6.45, 7) is 3.72. The molecule has 4 heterocycles. The van der Waals surface area contributed by atoms with Gasteiger partial charge in [0, 0.05) is 51.8 Å². The van der Waals surface area contributed by atoms with Crippen molar-refractivity contribution in [2.24, 2.45) is 0 Å². The fraction of sp³-hybridized carbons (Fsp3) is 0.138. The second-order valence-electron chi connectivity index (χ2n) is 8.66. The van der Waals surface area contributed by atoms with E-state index in [0.717, 1.165) is 27.4 Å². The third kappa shape index (κ3) is 5.68. The fourth-order valence-corrected chi connectivity index (χ4v) is 4.46. The monoisotopic (exact) mass is 562 g/mol. The molecule has 6 aromatic rings. The van der Waals surface area contributed by atoms with E-state index in [2.05, 4.69) is 19.9 Å². The smallest absolute Gasteiger partial charge is 0.190 e. The van der Waals surface area contributed by atoms with E-state index in [1.165, 1.54) is 12.1 Å². The van der Waals surface area contributed by atoms with E-state index < -0.39 is 0 Å². The molecule has 0 atom stereocenters. The Kier molecular flexibility index (Phi) is 8.71. The molecule has 6 rings (SSSR count). The van der Waals surface area contributed by atoms with Gasteiger partial charge >= 0.3 is 0 Å². The van der Waals surface area contributed by atoms with E-state index in [4.69, 9.17) is 28.3 Å². The normalized spacial score (nSPS) is 10.7. The number of alkyl halides is 2. The highest BCUT2D eigenvalue weighted by atomic mass is 35.5. The van der Waals surface area contributed by atoms with Gasteiger partial charge in [-0.3, -0.25) is 24.4 Å². The summed E-state index contributed by atoms with van der Waals surface area (Å²) in [5, 5.41) is 12.5. The molecule has 0 spiro atoms. The Morgan fingerprint density at radius 1 is 0.795 bits per heavy atom. The van der Waals surface area contributed by atoms with Gasteiger partial charge in [0.1, 0.15) is 0 Å². The molecule has 198 valence electrons. The first-order chi connectivity index (χ1) is 18.8. The van der Waals surface area contributed by atoms with Crippen LogP contribution in [0.3, 0.4) is 0 Å². The zero-order valence-corrected chi connectivity index (χ0v) is 22.6. The zero-order valence-electron chi connectivity index (χ0n) is 21.1. The Morgan fingerprint density at radius 2 is 1.28 bits per heavy atom. The first-order valence-electron chi connectivity index (χ1n) is 11.8. The van der Waals surface area contributed by atoms with Crippen LogP contribution in [0.5, 0.6) is 0 Å². The summed E-state index contributed by atoms with van der Waals surface area (Å²) in [6.07, 6.45) is 4.01. The van der Waals surface area contributed by atoms with Crippen LogP contribution >= 0.6 is 23.2 Å². The van der Waals surface area contributed by atoms with Crippen LogP contribution in [0, 0.1) is 13.8 Å². The summed E-state index contributed by atoms with van der Waals surface area (Å²) in [5.41, 5.74) is 5.31. The number of benzene rings is 2. The summed E-state index contributed by atoms with van der Waals surface area (Å²) < 4.78 is 0. The molecule has 4 aromatic heterocycles. The molecule has 0 bridgehead atoms. The number of aryl methyl sites for hydroxylation is 2. The minimum atomic E-state index is -0.187. The van der Waals surface area contributed by atoms with Crippen molar-refractivity contribution in [2.75, 3.05) is 5.34 Å². The molecule has 10 heteroatoms. The van der Waals surface area contributed by atoms with E-state index in [1.807, 2.05) is 50.2 Å². The topological polar surface area (TPSA) is 129 Å². The van der Waals surface area contributed by atoms with Crippen LogP contribution in [0.2, 0.25) is 0 Å². The number of hydrogen-bond acceptors (Lipinski definition) is 6. The molecule has 0 amide bonds. The minimum absolute atomic E-state index is 0.0940. The van der Waals surface area contributed by atoms with Gasteiger partial charge in [0.15, 0.2) is 17.1 Å². The van der Waals surface area contributed by atoms with E-state index in [9.17, 15) is 14.4 Å². The fourth-order valence-electron chi connectivity index (χ4n) is 4.46. The highest BCUT2D eigenvalue weighted by Crippen LogP contribution is 2.24. The van der Waals surface area contributed by atoms with Gasteiger partial charge in [0.2, 0.25) is 0 Å². The van der Waals surface area contributed by atoms with Gasteiger partial charge < -0.3 is 15.1 Å². The van der Waals surface area contributed by atoms with Crippen molar-refractivity contribution in [1.82, 2.24) is 19.9 Å². The number of aromatic amines is 2. The van der Waals surface area contributed by atoms with Gasteiger partial charge in [-0.1, -0.05) is 12.1 Å². The number of hydrogen-bond donors (Lipinski definition) is 3. The third-order valence-electron chi connectivity index (χ3n) is 6.17. The average Bonchev–Trinajstić information content (AvgIpc) is 2.95. The van der Waals surface area contributed by atoms with Crippen molar-refractivity contribution in [3.8, 4) is 0 Å². The van der Waals surface area contributed by atoms with Crippen molar-refractivity contribution in [3.63, 3.8) is 0 Å². The standard InChI is InChI=1S/C14H12N2O2.C14H10N2O2.CH2Cl2/c2*1-8-5-11-12(18)6-9(7-17)16-14(11)13-10(8)3-2-4-15-13;2-1-3/h2-6,17H,7H2,1H3,(H,16,18);2-7H,1H3,(H,16,18);1H2. The van der Waals surface area contributed by atoms with Crippen LogP contribution in [-0.2, 0) is 6.61 Å². The van der Waals surface area contributed by atoms with E-state index in [-0.39, 0.29) is 28.5 Å². The molecule has 0 saturated carbocycles. The predicted octanol–water partition coefficient (Wildman–Crippen LogP) is 5.50. The minimum Gasteiger partial charge on any atom is -0.390 e. The Balaban J connectivity index is 0.000000165. The maximum Gasteiger partial charge on any atom is 0.190 e. The van der Waals surface area contributed by atoms with Crippen molar-refractivity contribution in [1.29, 1.82) is 0 Å². The number of halogens is 2. The summed E-state index contributed by atoms with van der Waals surface area (Å²) in [7, 11) is 0. The van der Waals surface area contributed by atoms with Crippen molar-refractivity contribution in [3.05, 3.63) is 104 Å². The largest absolute Gasteiger partial charge is 0.390 e. The molecule has 0 fully saturated rings. The number of H-pyrrole nitrogens is 2. The lowest BCUT2D eigenvalue weighted by Crippen LogP contribution is -2.06. The maximum atomic E-state index is 12.0. The number of rotatable bonds is 2. The second-order valence-corrected chi connectivity index (χ2v) is 9.46. The van der Waals surface area contributed by atoms with Crippen LogP contribution < -0.4 is 10.9 Å². The summed E-state index contributed by atoms with van der Waals surface area (Å²) in [4.78, 5) is 49.4. The Labute approximate surface area is 232 Å². The van der Waals surface area contributed by atoms with E-state index in [0.29, 0.717) is 39.3 Å². The molecular weight excluding hydrogens is 539 g/mol. The molecule has 0 radical (unpaired) electrons. The third-order valence-corrected chi connectivity index (χ3v) is 6.17. The lowest BCUT2D eigenvalue weighted by Gasteiger charge is -2.07. The average molecular weight is 563 g/mol. The Morgan fingerprint density at radius 3 is 1.77 bits per heavy atom. The van der Waals surface area contributed by atoms with Crippen LogP contribution in [0.1, 0.15) is 27.3 Å². The molecule has 3 N–H and O–H groups in total. The van der Waals surface area contributed by atoms with Crippen LogP contribution in [0.15, 0.2) is 70.5 Å². The molecular formula is C29H24Cl2N4O4. The first-order valence-corrected chi connectivity index (χ1v) is 12.9. The molecule has 2 aromatic carbocycles. The molecule has 0 unspecified atom stereocenters. The number of carbonyl (C=O) groups excluding carboxylic acids is 1. The highest BCUT2D eigenvalue weighted by molar-refractivity contribution is 6.40. The van der Waals surface area contributed by atoms with Crippen molar-refractivity contribution in [2.45, 2.75) is 20.5 Å². The number of fused-ring (bicyclic) bond motifs is 6. The molecule has 0 saturated heterocycles. The van der Waals surface area contributed by atoms with E-state index >= 15 is 0 Å². The molecule has 0 aliphatic carbocycles. The van der Waals surface area contributed by atoms with Gasteiger partial charge in [-0.15, -0.1) is 23.2 Å². The van der Waals surface area contributed by atoms with Gasteiger partial charge in [-0.05, 0) is 49.2 Å². The zero-order chi connectivity index (χ0) is 28.1. The number of aliphatic hydroxyl groups is 1. The van der Waals surface area contributed by atoms with Crippen molar-refractivity contribution >= 4 is 73.1 Å². The summed E-state index contributed by atoms with van der Waals surface area (Å²) in [6, 6.07) is 14.1. The SMILES string of the molecule is Cc1cc2c(=O)cc(C=O)[nH]c2c2ncccc12.Cc1cc2c(=O)cc(CO)[nH]c2c2ncccc12.ClCCl. The summed E-state index contributed by atoms with van der Waals surface area (Å²) >= 11 is 9.53. The lowest BCUT2D eigenvalue weighted by atomic mass is 10.0. The van der Waals surface area contributed by atoms with Crippen LogP contribution in [0.4, 0.5) is 0 Å². The molecule has 39 heavy (non-hydrogen) atoms. The van der Waals surface area contributed by atoms with Crippen molar-refractivity contribution < 1.29 is 9.90 Å². The number of aldehydes is 1. The number of nitrogens with zero attached hydrogens (tertiary/aromatic N) is 2. The van der Waals surface area contributed by atoms with Gasteiger partial charge in [0.05, 0.1) is 39.7 Å². The van der Waals surface area contributed by atoms with Gasteiger partial charge in [0.25, 0.3) is 0 Å². The summed E-state index contributed by atoms with van der Waals surface area (Å²) in [5.74, 6) is 0. The number of carbonyl (C=O) groups is 1. The lowest BCUT2D eigenvalue weighted by molar-refractivity contribution is 0.111. The second kappa shape index (κ2) is 12.2.